The Bertz CT molecular complexity index is 1070. The maximum Gasteiger partial charge on any atom is 0.346 e. The van der Waals surface area contributed by atoms with Crippen molar-refractivity contribution in [3.8, 4) is 17.1 Å². The molecule has 0 aliphatic rings. The Labute approximate surface area is 142 Å². The number of carbonyl (C=O) groups excluding carboxylic acids is 1. The molecule has 0 bridgehead atoms. The van der Waals surface area contributed by atoms with E-state index in [1.165, 1.54) is 31.6 Å². The molecule has 0 N–H and O–H groups in total. The van der Waals surface area contributed by atoms with Gasteiger partial charge in [-0.1, -0.05) is 13.8 Å². The number of ketones is 1. The second-order valence-corrected chi connectivity index (χ2v) is 5.83. The van der Waals surface area contributed by atoms with Crippen LogP contribution in [0, 0.1) is 5.92 Å². The molecule has 1 aromatic carbocycles. The minimum atomic E-state index is -0.627. The molecule has 0 radical (unpaired) electrons. The Kier molecular flexibility index (Phi) is 4.27. The molecule has 0 aliphatic heterocycles. The lowest BCUT2D eigenvalue weighted by molar-refractivity contribution is 0.0941. The minimum Gasteiger partial charge on any atom is -0.493 e. The van der Waals surface area contributed by atoms with Crippen molar-refractivity contribution in [2.75, 3.05) is 7.11 Å². The van der Waals surface area contributed by atoms with Crippen molar-refractivity contribution in [3.63, 3.8) is 0 Å². The lowest BCUT2D eigenvalue weighted by Gasteiger charge is -2.11. The molecule has 3 rings (SSSR count). The second kappa shape index (κ2) is 6.39. The maximum absolute atomic E-state index is 12.7. The highest BCUT2D eigenvalue weighted by Gasteiger charge is 2.21. The molecule has 0 saturated heterocycles. The summed E-state index contributed by atoms with van der Waals surface area (Å²) in [6, 6.07) is 7.32. The normalized spacial score (nSPS) is 11.0. The SMILES string of the molecule is COc1ccc(C(=O)C(C)C)c2c(=O)cc(-c3cccoc3=O)oc12. The Morgan fingerprint density at radius 2 is 1.92 bits per heavy atom. The van der Waals surface area contributed by atoms with Gasteiger partial charge in [-0.05, 0) is 24.3 Å². The van der Waals surface area contributed by atoms with Crippen LogP contribution in [-0.2, 0) is 0 Å². The van der Waals surface area contributed by atoms with Gasteiger partial charge >= 0.3 is 5.63 Å². The highest BCUT2D eigenvalue weighted by atomic mass is 16.5. The number of hydrogen-bond acceptors (Lipinski definition) is 6. The third-order valence-corrected chi connectivity index (χ3v) is 3.85. The van der Waals surface area contributed by atoms with Gasteiger partial charge in [-0.25, -0.2) is 4.79 Å². The smallest absolute Gasteiger partial charge is 0.346 e. The van der Waals surface area contributed by atoms with E-state index in [-0.39, 0.29) is 39.6 Å². The molecule has 6 nitrogen and oxygen atoms in total. The lowest BCUT2D eigenvalue weighted by Crippen LogP contribution is -2.13. The number of fused-ring (bicyclic) bond motifs is 1. The third kappa shape index (κ3) is 2.87. The molecule has 25 heavy (non-hydrogen) atoms. The van der Waals surface area contributed by atoms with Gasteiger partial charge in [0.15, 0.2) is 22.5 Å². The first-order valence-electron chi connectivity index (χ1n) is 7.71. The first-order chi connectivity index (χ1) is 11.9. The van der Waals surface area contributed by atoms with Crippen molar-refractivity contribution in [1.82, 2.24) is 0 Å². The van der Waals surface area contributed by atoms with Crippen molar-refractivity contribution < 1.29 is 18.4 Å². The van der Waals surface area contributed by atoms with Gasteiger partial charge in [-0.3, -0.25) is 9.59 Å². The zero-order valence-electron chi connectivity index (χ0n) is 14.0. The van der Waals surface area contributed by atoms with Crippen molar-refractivity contribution >= 4 is 16.8 Å². The van der Waals surface area contributed by atoms with Crippen molar-refractivity contribution in [2.45, 2.75) is 13.8 Å². The zero-order valence-corrected chi connectivity index (χ0v) is 14.0. The van der Waals surface area contributed by atoms with Crippen molar-refractivity contribution in [1.29, 1.82) is 0 Å². The third-order valence-electron chi connectivity index (χ3n) is 3.85. The van der Waals surface area contributed by atoms with E-state index in [1.807, 2.05) is 0 Å². The van der Waals surface area contributed by atoms with Gasteiger partial charge in [0.2, 0.25) is 0 Å². The molecule has 0 fully saturated rings. The average Bonchev–Trinajstić information content (AvgIpc) is 2.60. The first kappa shape index (κ1) is 16.7. The predicted molar refractivity (Wildman–Crippen MR) is 92.2 cm³/mol. The summed E-state index contributed by atoms with van der Waals surface area (Å²) in [4.78, 5) is 37.0. The van der Waals surface area contributed by atoms with E-state index in [1.54, 1.807) is 26.0 Å². The molecule has 6 heteroatoms. The van der Waals surface area contributed by atoms with E-state index < -0.39 is 11.1 Å². The van der Waals surface area contributed by atoms with E-state index in [2.05, 4.69) is 0 Å². The fourth-order valence-corrected chi connectivity index (χ4v) is 2.60. The molecule has 128 valence electrons. The largest absolute Gasteiger partial charge is 0.493 e. The first-order valence-corrected chi connectivity index (χ1v) is 7.71. The molecule has 0 unspecified atom stereocenters. The quantitative estimate of drug-likeness (QED) is 0.678. The topological polar surface area (TPSA) is 86.7 Å². The molecule has 2 aromatic heterocycles. The summed E-state index contributed by atoms with van der Waals surface area (Å²) in [5.41, 5.74) is -0.545. The lowest BCUT2D eigenvalue weighted by atomic mass is 9.97. The minimum absolute atomic E-state index is 0.0549. The predicted octanol–water partition coefficient (Wildman–Crippen LogP) is 3.26. The highest BCUT2D eigenvalue weighted by Crippen LogP contribution is 2.30. The Hall–Kier alpha value is -3.15. The van der Waals surface area contributed by atoms with E-state index in [4.69, 9.17) is 13.6 Å². The maximum atomic E-state index is 12.7. The summed E-state index contributed by atoms with van der Waals surface area (Å²) in [6.07, 6.45) is 1.24. The zero-order chi connectivity index (χ0) is 18.1. The molecular formula is C19H16O6. The number of methoxy groups -OCH3 is 1. The van der Waals surface area contributed by atoms with Crippen LogP contribution in [0.5, 0.6) is 5.75 Å². The van der Waals surface area contributed by atoms with Crippen LogP contribution in [0.25, 0.3) is 22.3 Å². The molecule has 0 spiro atoms. The second-order valence-electron chi connectivity index (χ2n) is 5.83. The van der Waals surface area contributed by atoms with E-state index in [9.17, 15) is 14.4 Å². The van der Waals surface area contributed by atoms with Gasteiger partial charge in [0.1, 0.15) is 11.3 Å². The number of rotatable bonds is 4. The fourth-order valence-electron chi connectivity index (χ4n) is 2.60. The van der Waals surface area contributed by atoms with Gasteiger partial charge in [0, 0.05) is 17.5 Å². The van der Waals surface area contributed by atoms with Gasteiger partial charge < -0.3 is 13.6 Å². The van der Waals surface area contributed by atoms with Crippen LogP contribution in [0.15, 0.2) is 55.0 Å². The van der Waals surface area contributed by atoms with Crippen LogP contribution >= 0.6 is 0 Å². The summed E-state index contributed by atoms with van der Waals surface area (Å²) in [5, 5.41) is 0.141. The summed E-state index contributed by atoms with van der Waals surface area (Å²) in [6.45, 7) is 3.51. The van der Waals surface area contributed by atoms with Gasteiger partial charge in [-0.15, -0.1) is 0 Å². The summed E-state index contributed by atoms with van der Waals surface area (Å²) in [7, 11) is 1.43. The average molecular weight is 340 g/mol. The highest BCUT2D eigenvalue weighted by molar-refractivity contribution is 6.09. The molecular weight excluding hydrogens is 324 g/mol. The van der Waals surface area contributed by atoms with Gasteiger partial charge in [0.05, 0.1) is 18.8 Å². The standard InChI is InChI=1S/C19H16O6/c1-10(2)17(21)12-6-7-14(23-3)18-16(12)13(20)9-15(25-18)11-5-4-8-24-19(11)22/h4-10H,1-3H3. The van der Waals surface area contributed by atoms with Crippen LogP contribution in [0.3, 0.4) is 0 Å². The molecule has 0 amide bonds. The summed E-state index contributed by atoms with van der Waals surface area (Å²) in [5.74, 6) is -0.0994. The summed E-state index contributed by atoms with van der Waals surface area (Å²) >= 11 is 0. The number of Topliss-reactive ketones (excluding diaryl/α,β-unsaturated/α-hetero) is 1. The van der Waals surface area contributed by atoms with Gasteiger partial charge in [0.25, 0.3) is 0 Å². The summed E-state index contributed by atoms with van der Waals surface area (Å²) < 4.78 is 15.8. The fraction of sp³-hybridized carbons (Fsp3) is 0.211. The monoisotopic (exact) mass is 340 g/mol. The number of carbonyl (C=O) groups is 1. The van der Waals surface area contributed by atoms with E-state index >= 15 is 0 Å². The molecule has 0 saturated carbocycles. The molecule has 0 aliphatic carbocycles. The van der Waals surface area contributed by atoms with Gasteiger partial charge in [-0.2, -0.15) is 0 Å². The Balaban J connectivity index is 2.38. The van der Waals surface area contributed by atoms with Crippen LogP contribution < -0.4 is 15.8 Å². The van der Waals surface area contributed by atoms with Crippen LogP contribution in [0.4, 0.5) is 0 Å². The van der Waals surface area contributed by atoms with E-state index in [0.717, 1.165) is 0 Å². The van der Waals surface area contributed by atoms with Crippen LogP contribution in [0.2, 0.25) is 0 Å². The number of ether oxygens (including phenoxy) is 1. The number of benzene rings is 1. The van der Waals surface area contributed by atoms with Crippen molar-refractivity contribution in [2.24, 2.45) is 5.92 Å². The Morgan fingerprint density at radius 3 is 2.56 bits per heavy atom. The van der Waals surface area contributed by atoms with Crippen LogP contribution in [-0.4, -0.2) is 12.9 Å². The van der Waals surface area contributed by atoms with E-state index in [0.29, 0.717) is 5.75 Å². The Morgan fingerprint density at radius 1 is 1.16 bits per heavy atom. The molecule has 2 heterocycles. The molecule has 3 aromatic rings. The van der Waals surface area contributed by atoms with Crippen LogP contribution in [0.1, 0.15) is 24.2 Å². The van der Waals surface area contributed by atoms with Crippen molar-refractivity contribution in [3.05, 3.63) is 62.8 Å². The molecule has 0 atom stereocenters. The number of hydrogen-bond donors (Lipinski definition) is 0.